The molecule has 16 heavy (non-hydrogen) atoms. The van der Waals surface area contributed by atoms with Crippen molar-refractivity contribution in [2.75, 3.05) is 6.61 Å². The van der Waals surface area contributed by atoms with E-state index in [9.17, 15) is 9.18 Å². The van der Waals surface area contributed by atoms with Crippen LogP contribution in [-0.2, 0) is 13.0 Å². The van der Waals surface area contributed by atoms with Crippen LogP contribution >= 0.6 is 0 Å². The summed E-state index contributed by atoms with van der Waals surface area (Å²) in [4.78, 5) is 12.1. The Labute approximate surface area is 91.9 Å². The molecule has 1 unspecified atom stereocenters. The van der Waals surface area contributed by atoms with E-state index in [-0.39, 0.29) is 19.0 Å². The van der Waals surface area contributed by atoms with Crippen molar-refractivity contribution < 1.29 is 19.4 Å². The number of aliphatic hydroxyl groups is 1. The highest BCUT2D eigenvalue weighted by molar-refractivity contribution is 5.66. The maximum absolute atomic E-state index is 13.0. The third-order valence-electron chi connectivity index (χ3n) is 2.86. The molecule has 1 aromatic carbocycles. The zero-order valence-corrected chi connectivity index (χ0v) is 8.56. The van der Waals surface area contributed by atoms with E-state index in [0.717, 1.165) is 10.5 Å². The van der Waals surface area contributed by atoms with Gasteiger partial charge in [-0.2, -0.15) is 0 Å². The smallest absolute Gasteiger partial charge is 0.407 e. The molecule has 0 spiro atoms. The zero-order valence-electron chi connectivity index (χ0n) is 8.56. The Morgan fingerprint density at radius 1 is 1.50 bits per heavy atom. The molecular formula is C11H12FNO3. The van der Waals surface area contributed by atoms with Gasteiger partial charge < -0.3 is 10.2 Å². The summed E-state index contributed by atoms with van der Waals surface area (Å²) in [6, 6.07) is 3.91. The van der Waals surface area contributed by atoms with Gasteiger partial charge in [-0.3, -0.25) is 4.90 Å². The molecule has 0 bridgehead atoms. The number of rotatable bonds is 1. The molecular weight excluding hydrogens is 213 g/mol. The molecule has 0 saturated carbocycles. The van der Waals surface area contributed by atoms with Crippen LogP contribution in [0.15, 0.2) is 18.2 Å². The van der Waals surface area contributed by atoms with Crippen LogP contribution in [0.25, 0.3) is 0 Å². The van der Waals surface area contributed by atoms with Crippen LogP contribution in [0.2, 0.25) is 0 Å². The summed E-state index contributed by atoms with van der Waals surface area (Å²) in [5.74, 6) is -0.369. The fraction of sp³-hybridized carbons (Fsp3) is 0.364. The predicted octanol–water partition coefficient (Wildman–Crippen LogP) is 1.22. The molecule has 0 fully saturated rings. The monoisotopic (exact) mass is 225 g/mol. The number of amides is 1. The lowest BCUT2D eigenvalue weighted by molar-refractivity contribution is 0.0873. The average Bonchev–Trinajstić information content (AvgIpc) is 2.27. The molecule has 5 heteroatoms. The molecule has 0 radical (unpaired) electrons. The quantitative estimate of drug-likeness (QED) is 0.755. The van der Waals surface area contributed by atoms with Crippen molar-refractivity contribution in [3.8, 4) is 0 Å². The highest BCUT2D eigenvalue weighted by Gasteiger charge is 2.29. The lowest BCUT2D eigenvalue weighted by Gasteiger charge is -2.33. The first-order chi connectivity index (χ1) is 7.61. The Morgan fingerprint density at radius 3 is 2.88 bits per heavy atom. The van der Waals surface area contributed by atoms with Gasteiger partial charge in [0.25, 0.3) is 0 Å². The fourth-order valence-electron chi connectivity index (χ4n) is 2.00. The molecule has 1 aliphatic rings. The van der Waals surface area contributed by atoms with Gasteiger partial charge in [0, 0.05) is 6.54 Å². The summed E-state index contributed by atoms with van der Waals surface area (Å²) in [6.45, 7) is -0.0865. The largest absolute Gasteiger partial charge is 0.465 e. The molecule has 1 aliphatic heterocycles. The second-order valence-corrected chi connectivity index (χ2v) is 3.86. The minimum Gasteiger partial charge on any atom is -0.465 e. The van der Waals surface area contributed by atoms with Crippen molar-refractivity contribution in [3.63, 3.8) is 0 Å². The molecule has 2 rings (SSSR count). The van der Waals surface area contributed by atoms with Crippen molar-refractivity contribution in [1.29, 1.82) is 0 Å². The Balaban J connectivity index is 2.34. The topological polar surface area (TPSA) is 60.8 Å². The number of hydrogen-bond acceptors (Lipinski definition) is 2. The number of halogens is 1. The SMILES string of the molecule is O=C(O)N1Cc2cc(F)ccc2CC1CO. The van der Waals surface area contributed by atoms with Crippen molar-refractivity contribution in [1.82, 2.24) is 4.90 Å². The molecule has 2 N–H and O–H groups in total. The minimum absolute atomic E-state index is 0.133. The average molecular weight is 225 g/mol. The van der Waals surface area contributed by atoms with Crippen molar-refractivity contribution >= 4 is 6.09 Å². The van der Waals surface area contributed by atoms with Crippen LogP contribution in [-0.4, -0.2) is 33.9 Å². The highest BCUT2D eigenvalue weighted by atomic mass is 19.1. The molecule has 1 atom stereocenters. The predicted molar refractivity (Wildman–Crippen MR) is 54.5 cm³/mol. The third-order valence-corrected chi connectivity index (χ3v) is 2.86. The molecule has 0 aromatic heterocycles. The molecule has 86 valence electrons. The number of carboxylic acid groups (broad SMARTS) is 1. The van der Waals surface area contributed by atoms with E-state index in [2.05, 4.69) is 0 Å². The van der Waals surface area contributed by atoms with Gasteiger partial charge in [0.15, 0.2) is 0 Å². The van der Waals surface area contributed by atoms with Crippen molar-refractivity contribution in [3.05, 3.63) is 35.1 Å². The summed E-state index contributed by atoms with van der Waals surface area (Å²) in [7, 11) is 0. The Hall–Kier alpha value is -1.62. The summed E-state index contributed by atoms with van der Waals surface area (Å²) in [5.41, 5.74) is 1.57. The Morgan fingerprint density at radius 2 is 2.25 bits per heavy atom. The van der Waals surface area contributed by atoms with Gasteiger partial charge in [0.2, 0.25) is 0 Å². The van der Waals surface area contributed by atoms with E-state index in [1.165, 1.54) is 12.1 Å². The fourth-order valence-corrected chi connectivity index (χ4v) is 2.00. The first kappa shape index (κ1) is 10.9. The maximum Gasteiger partial charge on any atom is 0.407 e. The zero-order chi connectivity index (χ0) is 11.7. The Bertz CT molecular complexity index is 422. The summed E-state index contributed by atoms with van der Waals surface area (Å²) in [5, 5.41) is 18.1. The highest BCUT2D eigenvalue weighted by Crippen LogP contribution is 2.24. The molecule has 4 nitrogen and oxygen atoms in total. The molecule has 1 aromatic rings. The lowest BCUT2D eigenvalue weighted by Crippen LogP contribution is -2.45. The second-order valence-electron chi connectivity index (χ2n) is 3.86. The van der Waals surface area contributed by atoms with Gasteiger partial charge in [-0.15, -0.1) is 0 Å². The van der Waals surface area contributed by atoms with Gasteiger partial charge >= 0.3 is 6.09 Å². The summed E-state index contributed by atoms with van der Waals surface area (Å²) in [6.07, 6.45) is -0.660. The van der Waals surface area contributed by atoms with Crippen molar-refractivity contribution in [2.45, 2.75) is 19.0 Å². The van der Waals surface area contributed by atoms with Crippen LogP contribution in [0.1, 0.15) is 11.1 Å². The van der Waals surface area contributed by atoms with Crippen LogP contribution in [0, 0.1) is 5.82 Å². The van der Waals surface area contributed by atoms with E-state index < -0.39 is 12.1 Å². The normalized spacial score (nSPS) is 19.4. The maximum atomic E-state index is 13.0. The van der Waals surface area contributed by atoms with Gasteiger partial charge in [-0.05, 0) is 29.7 Å². The van der Waals surface area contributed by atoms with Gasteiger partial charge in [0.1, 0.15) is 5.82 Å². The lowest BCUT2D eigenvalue weighted by atomic mass is 9.94. The first-order valence-corrected chi connectivity index (χ1v) is 4.99. The van der Waals surface area contributed by atoms with E-state index >= 15 is 0 Å². The standard InChI is InChI=1S/C11H12FNO3/c12-9-2-1-7-4-10(6-14)13(11(15)16)5-8(7)3-9/h1-3,10,14H,4-6H2,(H,15,16). The third kappa shape index (κ3) is 1.86. The molecule has 1 heterocycles. The molecule has 0 aliphatic carbocycles. The molecule has 1 amide bonds. The number of carbonyl (C=O) groups is 1. The second kappa shape index (κ2) is 4.09. The first-order valence-electron chi connectivity index (χ1n) is 4.99. The summed E-state index contributed by atoms with van der Waals surface area (Å²) >= 11 is 0. The van der Waals surface area contributed by atoms with Crippen molar-refractivity contribution in [2.24, 2.45) is 0 Å². The van der Waals surface area contributed by atoms with E-state index in [4.69, 9.17) is 10.2 Å². The summed E-state index contributed by atoms with van der Waals surface area (Å²) < 4.78 is 13.0. The number of benzene rings is 1. The van der Waals surface area contributed by atoms with E-state index in [1.54, 1.807) is 6.07 Å². The Kier molecular flexibility index (Phi) is 2.78. The van der Waals surface area contributed by atoms with Crippen LogP contribution in [0.5, 0.6) is 0 Å². The van der Waals surface area contributed by atoms with Crippen LogP contribution in [0.4, 0.5) is 9.18 Å². The number of hydrogen-bond donors (Lipinski definition) is 2. The number of nitrogens with zero attached hydrogens (tertiary/aromatic N) is 1. The minimum atomic E-state index is -1.09. The van der Waals surface area contributed by atoms with Crippen LogP contribution in [0.3, 0.4) is 0 Å². The number of fused-ring (bicyclic) bond motifs is 1. The van der Waals surface area contributed by atoms with Crippen LogP contribution < -0.4 is 0 Å². The molecule has 0 saturated heterocycles. The number of aliphatic hydroxyl groups excluding tert-OH is 1. The van der Waals surface area contributed by atoms with Gasteiger partial charge in [-0.1, -0.05) is 6.07 Å². The van der Waals surface area contributed by atoms with E-state index in [0.29, 0.717) is 12.0 Å². The van der Waals surface area contributed by atoms with Gasteiger partial charge in [0.05, 0.1) is 12.6 Å². The van der Waals surface area contributed by atoms with Gasteiger partial charge in [-0.25, -0.2) is 9.18 Å². The van der Waals surface area contributed by atoms with E-state index in [1.807, 2.05) is 0 Å².